The van der Waals surface area contributed by atoms with Crippen molar-refractivity contribution in [1.29, 1.82) is 0 Å². The molecule has 142 valence electrons. The topological polar surface area (TPSA) is 38.1 Å². The van der Waals surface area contributed by atoms with Gasteiger partial charge in [0.15, 0.2) is 5.16 Å². The second kappa shape index (κ2) is 8.14. The fourth-order valence-corrected chi connectivity index (χ4v) is 3.55. The molecule has 0 bridgehead atoms. The van der Waals surface area contributed by atoms with Crippen LogP contribution in [0.3, 0.4) is 0 Å². The summed E-state index contributed by atoms with van der Waals surface area (Å²) in [6, 6.07) is 11.2. The number of imidazole rings is 1. The molecule has 0 atom stereocenters. The zero-order valence-electron chi connectivity index (χ0n) is 14.1. The summed E-state index contributed by atoms with van der Waals surface area (Å²) in [6.45, 7) is -0.141. The second-order valence-corrected chi connectivity index (χ2v) is 6.84. The van der Waals surface area contributed by atoms with Gasteiger partial charge in [-0.1, -0.05) is 36.0 Å². The van der Waals surface area contributed by atoms with Gasteiger partial charge in [-0.3, -0.25) is 0 Å². The molecule has 2 aromatic carbocycles. The van der Waals surface area contributed by atoms with Crippen LogP contribution in [0.15, 0.2) is 59.9 Å². The third kappa shape index (κ3) is 4.90. The van der Waals surface area contributed by atoms with Gasteiger partial charge in [-0.15, -0.1) is 0 Å². The van der Waals surface area contributed by atoms with Gasteiger partial charge in [0.05, 0.1) is 24.1 Å². The van der Waals surface area contributed by atoms with E-state index >= 15 is 0 Å². The molecule has 0 saturated heterocycles. The number of hydrogen-bond donors (Lipinski definition) is 1. The molecule has 3 nitrogen and oxygen atoms in total. The molecule has 0 spiro atoms. The van der Waals surface area contributed by atoms with Crippen molar-refractivity contribution in [2.45, 2.75) is 30.2 Å². The van der Waals surface area contributed by atoms with E-state index in [1.165, 1.54) is 36.2 Å². The van der Waals surface area contributed by atoms with E-state index in [2.05, 4.69) is 4.98 Å². The number of hydrogen-bond acceptors (Lipinski definition) is 3. The van der Waals surface area contributed by atoms with Crippen molar-refractivity contribution in [2.75, 3.05) is 0 Å². The Morgan fingerprint density at radius 3 is 2.48 bits per heavy atom. The lowest BCUT2D eigenvalue weighted by atomic mass is 10.1. The number of benzene rings is 2. The summed E-state index contributed by atoms with van der Waals surface area (Å²) in [7, 11) is 0. The highest BCUT2D eigenvalue weighted by Crippen LogP contribution is 2.30. The lowest BCUT2D eigenvalue weighted by Crippen LogP contribution is -2.09. The zero-order chi connectivity index (χ0) is 19.4. The SMILES string of the molecule is OCc1cnc(SCc2cccc(F)c2)n1Cc1cccc(C(F)(F)F)c1. The molecule has 0 amide bonds. The van der Waals surface area contributed by atoms with Crippen LogP contribution >= 0.6 is 11.8 Å². The lowest BCUT2D eigenvalue weighted by Gasteiger charge is -2.13. The Bertz CT molecular complexity index is 924. The first kappa shape index (κ1) is 19.4. The first-order valence-electron chi connectivity index (χ1n) is 8.05. The highest BCUT2D eigenvalue weighted by atomic mass is 32.2. The van der Waals surface area contributed by atoms with Crippen molar-refractivity contribution >= 4 is 11.8 Å². The summed E-state index contributed by atoms with van der Waals surface area (Å²) in [5.41, 5.74) is 0.984. The molecule has 0 radical (unpaired) electrons. The van der Waals surface area contributed by atoms with Gasteiger partial charge < -0.3 is 9.67 Å². The molecule has 1 aromatic heterocycles. The Morgan fingerprint density at radius 1 is 1.04 bits per heavy atom. The van der Waals surface area contributed by atoms with Crippen molar-refractivity contribution in [3.63, 3.8) is 0 Å². The third-order valence-electron chi connectivity index (χ3n) is 3.92. The van der Waals surface area contributed by atoms with Crippen LogP contribution in [0.4, 0.5) is 17.6 Å². The number of thioether (sulfide) groups is 1. The Hall–Kier alpha value is -2.32. The van der Waals surface area contributed by atoms with E-state index < -0.39 is 11.7 Å². The van der Waals surface area contributed by atoms with Crippen molar-refractivity contribution in [3.8, 4) is 0 Å². The number of aliphatic hydroxyl groups excluding tert-OH is 1. The van der Waals surface area contributed by atoms with Crippen LogP contribution in [0.25, 0.3) is 0 Å². The molecule has 8 heteroatoms. The molecule has 0 unspecified atom stereocenters. The fraction of sp³-hybridized carbons (Fsp3) is 0.211. The van der Waals surface area contributed by atoms with Crippen molar-refractivity contribution in [3.05, 3.63) is 82.9 Å². The maximum absolute atomic E-state index is 13.3. The molecule has 0 fully saturated rings. The minimum absolute atomic E-state index is 0.144. The molecular formula is C19H16F4N2OS. The van der Waals surface area contributed by atoms with Crippen LogP contribution in [0, 0.1) is 5.82 Å². The van der Waals surface area contributed by atoms with Crippen LogP contribution in [0.2, 0.25) is 0 Å². The van der Waals surface area contributed by atoms with E-state index in [-0.39, 0.29) is 19.0 Å². The summed E-state index contributed by atoms with van der Waals surface area (Å²) in [5, 5.41) is 10.1. The maximum atomic E-state index is 13.3. The molecule has 0 aliphatic rings. The average molecular weight is 396 g/mol. The van der Waals surface area contributed by atoms with Gasteiger partial charge in [-0.25, -0.2) is 9.37 Å². The third-order valence-corrected chi connectivity index (χ3v) is 4.98. The summed E-state index contributed by atoms with van der Waals surface area (Å²) in [5.74, 6) is 0.110. The van der Waals surface area contributed by atoms with Crippen LogP contribution in [0.1, 0.15) is 22.4 Å². The average Bonchev–Trinajstić information content (AvgIpc) is 3.01. The molecule has 3 aromatic rings. The molecule has 1 N–H and O–H groups in total. The second-order valence-electron chi connectivity index (χ2n) is 5.89. The van der Waals surface area contributed by atoms with Gasteiger partial charge in [0, 0.05) is 12.3 Å². The van der Waals surface area contributed by atoms with Gasteiger partial charge in [-0.05, 0) is 35.4 Å². The van der Waals surface area contributed by atoms with Crippen LogP contribution in [-0.2, 0) is 25.1 Å². The molecular weight excluding hydrogens is 380 g/mol. The van der Waals surface area contributed by atoms with Crippen LogP contribution < -0.4 is 0 Å². The van der Waals surface area contributed by atoms with Gasteiger partial charge in [0.25, 0.3) is 0 Å². The first-order chi connectivity index (χ1) is 12.9. The number of rotatable bonds is 6. The highest BCUT2D eigenvalue weighted by molar-refractivity contribution is 7.98. The molecule has 27 heavy (non-hydrogen) atoms. The normalized spacial score (nSPS) is 11.7. The standard InChI is InChI=1S/C19H16F4N2OS/c20-16-6-2-4-14(8-16)12-27-18-24-9-17(11-26)25(18)10-13-3-1-5-15(7-13)19(21,22)23/h1-9,26H,10-12H2. The van der Waals surface area contributed by atoms with E-state index in [1.54, 1.807) is 22.8 Å². The molecule has 0 aliphatic carbocycles. The number of nitrogens with zero attached hydrogens (tertiary/aromatic N) is 2. The predicted octanol–water partition coefficient (Wildman–Crippen LogP) is 4.87. The minimum atomic E-state index is -4.42. The van der Waals surface area contributed by atoms with Gasteiger partial charge >= 0.3 is 6.18 Å². The van der Waals surface area contributed by atoms with Crippen LogP contribution in [0.5, 0.6) is 0 Å². The van der Waals surface area contributed by atoms with E-state index in [0.29, 0.717) is 22.2 Å². The van der Waals surface area contributed by atoms with Crippen molar-refractivity contribution in [1.82, 2.24) is 9.55 Å². The van der Waals surface area contributed by atoms with Crippen LogP contribution in [-0.4, -0.2) is 14.7 Å². The van der Waals surface area contributed by atoms with Crippen molar-refractivity contribution in [2.24, 2.45) is 0 Å². The van der Waals surface area contributed by atoms with E-state index in [9.17, 15) is 22.7 Å². The molecule has 0 aliphatic heterocycles. The highest BCUT2D eigenvalue weighted by Gasteiger charge is 2.30. The molecule has 0 saturated carbocycles. The largest absolute Gasteiger partial charge is 0.416 e. The molecule has 3 rings (SSSR count). The Labute approximate surface area is 157 Å². The summed E-state index contributed by atoms with van der Waals surface area (Å²) >= 11 is 1.33. The Kier molecular flexibility index (Phi) is 5.86. The quantitative estimate of drug-likeness (QED) is 0.477. The number of aliphatic hydroxyl groups is 1. The smallest absolute Gasteiger partial charge is 0.390 e. The van der Waals surface area contributed by atoms with E-state index in [4.69, 9.17) is 0 Å². The predicted molar refractivity (Wildman–Crippen MR) is 94.7 cm³/mol. The fourth-order valence-electron chi connectivity index (χ4n) is 2.61. The summed E-state index contributed by atoms with van der Waals surface area (Å²) in [6.07, 6.45) is -2.93. The number of aromatic nitrogens is 2. The van der Waals surface area contributed by atoms with Crippen molar-refractivity contribution < 1.29 is 22.7 Å². The zero-order valence-corrected chi connectivity index (χ0v) is 14.9. The minimum Gasteiger partial charge on any atom is -0.390 e. The van der Waals surface area contributed by atoms with E-state index in [0.717, 1.165) is 17.7 Å². The summed E-state index contributed by atoms with van der Waals surface area (Å²) in [4.78, 5) is 4.24. The maximum Gasteiger partial charge on any atom is 0.416 e. The van der Waals surface area contributed by atoms with E-state index in [1.807, 2.05) is 0 Å². The monoisotopic (exact) mass is 396 g/mol. The van der Waals surface area contributed by atoms with Gasteiger partial charge in [0.2, 0.25) is 0 Å². The first-order valence-corrected chi connectivity index (χ1v) is 9.04. The van der Waals surface area contributed by atoms with Gasteiger partial charge in [-0.2, -0.15) is 13.2 Å². The number of halogens is 4. The number of alkyl halides is 3. The molecule has 1 heterocycles. The lowest BCUT2D eigenvalue weighted by molar-refractivity contribution is -0.137. The Balaban J connectivity index is 1.82. The summed E-state index contributed by atoms with van der Waals surface area (Å²) < 4.78 is 53.7. The Morgan fingerprint density at radius 2 is 1.78 bits per heavy atom. The van der Waals surface area contributed by atoms with Gasteiger partial charge in [0.1, 0.15) is 5.82 Å².